The summed E-state index contributed by atoms with van der Waals surface area (Å²) in [6.07, 6.45) is 2.95. The zero-order chi connectivity index (χ0) is 22.7. The first kappa shape index (κ1) is 22.4. The smallest absolute Gasteiger partial charge is 0.417 e. The third-order valence-electron chi connectivity index (χ3n) is 6.78. The standard InChI is InChI=1S/C25H29FN2O4/c1-31-20-13-9-18(10-14-20)22(17-7-11-19(26)12-8-17)23(27)24(29)28-21(15-32-25(28)30)16-5-3-2-4-6-16/h2-8,11-12,18,20-23H,9-10,13-15,27H2,1H3/t18?,20?,21-,22+,23+/m1/s1. The van der Waals surface area contributed by atoms with E-state index in [2.05, 4.69) is 0 Å². The summed E-state index contributed by atoms with van der Waals surface area (Å²) in [5.74, 6) is -1.03. The molecule has 3 atom stereocenters. The molecule has 2 aromatic rings. The molecular formula is C25H29FN2O4. The van der Waals surface area contributed by atoms with Crippen molar-refractivity contribution in [2.45, 2.75) is 49.8 Å². The molecule has 1 aliphatic heterocycles. The van der Waals surface area contributed by atoms with Crippen molar-refractivity contribution in [3.63, 3.8) is 0 Å². The number of carbonyl (C=O) groups is 2. The number of methoxy groups -OCH3 is 1. The van der Waals surface area contributed by atoms with Crippen molar-refractivity contribution in [2.75, 3.05) is 13.7 Å². The Kier molecular flexibility index (Phi) is 6.86. The summed E-state index contributed by atoms with van der Waals surface area (Å²) >= 11 is 0. The first-order valence-electron chi connectivity index (χ1n) is 11.1. The Bertz CT molecular complexity index is 929. The van der Waals surface area contributed by atoms with E-state index in [-0.39, 0.29) is 30.4 Å². The first-order chi connectivity index (χ1) is 15.5. The van der Waals surface area contributed by atoms with Gasteiger partial charge in [0.25, 0.3) is 0 Å². The molecule has 1 aliphatic carbocycles. The molecule has 1 heterocycles. The topological polar surface area (TPSA) is 81.9 Å². The molecule has 0 aromatic heterocycles. The van der Waals surface area contributed by atoms with Crippen molar-refractivity contribution in [3.8, 4) is 0 Å². The molecule has 2 aliphatic rings. The monoisotopic (exact) mass is 440 g/mol. The lowest BCUT2D eigenvalue weighted by atomic mass is 9.72. The summed E-state index contributed by atoms with van der Waals surface area (Å²) in [4.78, 5) is 27.3. The van der Waals surface area contributed by atoms with Crippen molar-refractivity contribution in [1.82, 2.24) is 4.90 Å². The van der Waals surface area contributed by atoms with Crippen molar-refractivity contribution in [2.24, 2.45) is 11.7 Å². The van der Waals surface area contributed by atoms with Crippen LogP contribution in [-0.2, 0) is 14.3 Å². The number of hydrogen-bond donors (Lipinski definition) is 1. The summed E-state index contributed by atoms with van der Waals surface area (Å²) in [5, 5.41) is 0. The molecular weight excluding hydrogens is 411 g/mol. The minimum absolute atomic E-state index is 0.0987. The van der Waals surface area contributed by atoms with Gasteiger partial charge < -0.3 is 15.2 Å². The second kappa shape index (κ2) is 9.79. The molecule has 4 rings (SSSR count). The van der Waals surface area contributed by atoms with E-state index in [1.807, 2.05) is 30.3 Å². The molecule has 0 unspecified atom stereocenters. The number of carbonyl (C=O) groups excluding carboxylic acids is 2. The van der Waals surface area contributed by atoms with Crippen LogP contribution in [0.1, 0.15) is 48.8 Å². The molecule has 1 saturated carbocycles. The van der Waals surface area contributed by atoms with Crippen LogP contribution >= 0.6 is 0 Å². The number of benzene rings is 2. The SMILES string of the molecule is COC1CCC([C@H](c2ccc(F)cc2)[C@H](N)C(=O)N2C(=O)OC[C@@H]2c2ccccc2)CC1. The lowest BCUT2D eigenvalue weighted by Gasteiger charge is -2.37. The van der Waals surface area contributed by atoms with E-state index in [9.17, 15) is 14.0 Å². The van der Waals surface area contributed by atoms with Gasteiger partial charge in [-0.1, -0.05) is 42.5 Å². The predicted molar refractivity (Wildman–Crippen MR) is 117 cm³/mol. The van der Waals surface area contributed by atoms with Crippen LogP contribution in [0.4, 0.5) is 9.18 Å². The molecule has 6 nitrogen and oxygen atoms in total. The van der Waals surface area contributed by atoms with E-state index in [4.69, 9.17) is 15.2 Å². The van der Waals surface area contributed by atoms with Crippen molar-refractivity contribution < 1.29 is 23.5 Å². The zero-order valence-corrected chi connectivity index (χ0v) is 18.2. The maximum atomic E-state index is 13.6. The normalized spacial score (nSPS) is 25.3. The Hall–Kier alpha value is -2.77. The van der Waals surface area contributed by atoms with Crippen LogP contribution in [0.3, 0.4) is 0 Å². The Morgan fingerprint density at radius 2 is 1.75 bits per heavy atom. The largest absolute Gasteiger partial charge is 0.446 e. The van der Waals surface area contributed by atoms with Crippen LogP contribution in [0, 0.1) is 11.7 Å². The Balaban J connectivity index is 1.62. The number of rotatable bonds is 6. The van der Waals surface area contributed by atoms with Gasteiger partial charge in [-0.3, -0.25) is 4.79 Å². The average molecular weight is 441 g/mol. The van der Waals surface area contributed by atoms with E-state index in [1.165, 1.54) is 12.1 Å². The Labute approximate surface area is 187 Å². The van der Waals surface area contributed by atoms with E-state index in [0.29, 0.717) is 0 Å². The van der Waals surface area contributed by atoms with Gasteiger partial charge in [-0.15, -0.1) is 0 Å². The van der Waals surface area contributed by atoms with Gasteiger partial charge in [0, 0.05) is 13.0 Å². The molecule has 7 heteroatoms. The minimum Gasteiger partial charge on any atom is -0.446 e. The number of nitrogens with zero attached hydrogens (tertiary/aromatic N) is 1. The van der Waals surface area contributed by atoms with Crippen molar-refractivity contribution >= 4 is 12.0 Å². The summed E-state index contributed by atoms with van der Waals surface area (Å²) in [7, 11) is 1.71. The highest BCUT2D eigenvalue weighted by atomic mass is 19.1. The molecule has 0 spiro atoms. The van der Waals surface area contributed by atoms with Crippen LogP contribution < -0.4 is 5.73 Å². The van der Waals surface area contributed by atoms with E-state index in [0.717, 1.165) is 41.7 Å². The van der Waals surface area contributed by atoms with Gasteiger partial charge in [0.1, 0.15) is 18.5 Å². The molecule has 2 aromatic carbocycles. The Morgan fingerprint density at radius 1 is 1.09 bits per heavy atom. The zero-order valence-electron chi connectivity index (χ0n) is 18.2. The number of cyclic esters (lactones) is 1. The molecule has 2 fully saturated rings. The first-order valence-corrected chi connectivity index (χ1v) is 11.1. The number of amides is 2. The van der Waals surface area contributed by atoms with Gasteiger partial charge in [0.15, 0.2) is 0 Å². The molecule has 170 valence electrons. The summed E-state index contributed by atoms with van der Waals surface area (Å²) in [6, 6.07) is 14.0. The third-order valence-corrected chi connectivity index (χ3v) is 6.78. The van der Waals surface area contributed by atoms with Gasteiger partial charge in [-0.05, 0) is 54.9 Å². The molecule has 0 radical (unpaired) electrons. The Morgan fingerprint density at radius 3 is 2.38 bits per heavy atom. The number of imide groups is 1. The fraction of sp³-hybridized carbons (Fsp3) is 0.440. The fourth-order valence-corrected chi connectivity index (χ4v) is 5.04. The van der Waals surface area contributed by atoms with Gasteiger partial charge in [0.2, 0.25) is 5.91 Å². The van der Waals surface area contributed by atoms with Crippen LogP contribution in [0.15, 0.2) is 54.6 Å². The number of ether oxygens (including phenoxy) is 2. The number of hydrogen-bond acceptors (Lipinski definition) is 5. The van der Waals surface area contributed by atoms with Crippen molar-refractivity contribution in [1.29, 1.82) is 0 Å². The predicted octanol–water partition coefficient (Wildman–Crippen LogP) is 4.16. The van der Waals surface area contributed by atoms with E-state index in [1.54, 1.807) is 19.2 Å². The minimum atomic E-state index is -0.957. The van der Waals surface area contributed by atoms with Crippen LogP contribution in [0.2, 0.25) is 0 Å². The van der Waals surface area contributed by atoms with Gasteiger partial charge in [-0.25, -0.2) is 14.1 Å². The second-order valence-electron chi connectivity index (χ2n) is 8.59. The van der Waals surface area contributed by atoms with E-state index < -0.39 is 24.1 Å². The second-order valence-corrected chi connectivity index (χ2v) is 8.59. The highest BCUT2D eigenvalue weighted by Gasteiger charge is 2.44. The highest BCUT2D eigenvalue weighted by Crippen LogP contribution is 2.40. The molecule has 0 bridgehead atoms. The lowest BCUT2D eigenvalue weighted by molar-refractivity contribution is -0.131. The average Bonchev–Trinajstić information content (AvgIpc) is 3.22. The summed E-state index contributed by atoms with van der Waals surface area (Å²) < 4.78 is 24.3. The van der Waals surface area contributed by atoms with Gasteiger partial charge in [0.05, 0.1) is 12.1 Å². The number of nitrogens with two attached hydrogens (primary N) is 1. The van der Waals surface area contributed by atoms with Gasteiger partial charge >= 0.3 is 6.09 Å². The summed E-state index contributed by atoms with van der Waals surface area (Å²) in [6.45, 7) is 0.0987. The lowest BCUT2D eigenvalue weighted by Crippen LogP contribution is -2.50. The van der Waals surface area contributed by atoms with Crippen LogP contribution in [-0.4, -0.2) is 42.8 Å². The summed E-state index contributed by atoms with van der Waals surface area (Å²) in [5.41, 5.74) is 8.21. The molecule has 32 heavy (non-hydrogen) atoms. The van der Waals surface area contributed by atoms with Crippen LogP contribution in [0.25, 0.3) is 0 Å². The molecule has 2 amide bonds. The number of halogens is 1. The highest BCUT2D eigenvalue weighted by molar-refractivity contribution is 5.97. The molecule has 1 saturated heterocycles. The van der Waals surface area contributed by atoms with Crippen molar-refractivity contribution in [3.05, 3.63) is 71.5 Å². The quantitative estimate of drug-likeness (QED) is 0.729. The fourth-order valence-electron chi connectivity index (χ4n) is 5.04. The molecule has 2 N–H and O–H groups in total. The maximum absolute atomic E-state index is 13.6. The van der Waals surface area contributed by atoms with E-state index >= 15 is 0 Å². The third kappa shape index (κ3) is 4.54. The maximum Gasteiger partial charge on any atom is 0.417 e. The van der Waals surface area contributed by atoms with Crippen LogP contribution in [0.5, 0.6) is 0 Å². The van der Waals surface area contributed by atoms with Gasteiger partial charge in [-0.2, -0.15) is 0 Å².